The first-order valence-corrected chi connectivity index (χ1v) is 6.10. The fourth-order valence-corrected chi connectivity index (χ4v) is 2.14. The predicted molar refractivity (Wildman–Crippen MR) is 70.1 cm³/mol. The highest BCUT2D eigenvalue weighted by molar-refractivity contribution is 5.74. The summed E-state index contributed by atoms with van der Waals surface area (Å²) in [4.78, 5) is 13.2. The van der Waals surface area contributed by atoms with E-state index < -0.39 is 11.4 Å². The molecule has 1 N–H and O–H groups in total. The summed E-state index contributed by atoms with van der Waals surface area (Å²) in [5.41, 5.74) is 0.395. The van der Waals surface area contributed by atoms with Crippen molar-refractivity contribution in [1.29, 1.82) is 0 Å². The quantitative estimate of drug-likeness (QED) is 0.806. The van der Waals surface area contributed by atoms with E-state index >= 15 is 0 Å². The van der Waals surface area contributed by atoms with Crippen molar-refractivity contribution < 1.29 is 9.90 Å². The van der Waals surface area contributed by atoms with Crippen molar-refractivity contribution >= 4 is 5.97 Å². The van der Waals surface area contributed by atoms with Crippen LogP contribution >= 0.6 is 0 Å². The Balaban J connectivity index is 1.90. The Hall–Kier alpha value is -1.79. The summed E-state index contributed by atoms with van der Waals surface area (Å²) < 4.78 is 0. The third kappa shape index (κ3) is 2.91. The first-order valence-electron chi connectivity index (χ1n) is 6.10. The highest BCUT2D eigenvalue weighted by Gasteiger charge is 2.39. The standard InChI is InChI=1S/C15H17NO2/c1-15(14(17)18)9-11-16(12-15)10-5-8-13-6-3-2-4-7-13/h2-4,6-7H,9-12H2,1H3,(H,17,18). The first kappa shape index (κ1) is 12.7. The van der Waals surface area contributed by atoms with Gasteiger partial charge in [-0.2, -0.15) is 0 Å². The van der Waals surface area contributed by atoms with E-state index in [1.165, 1.54) is 0 Å². The fourth-order valence-electron chi connectivity index (χ4n) is 2.14. The molecule has 0 amide bonds. The lowest BCUT2D eigenvalue weighted by atomic mass is 9.90. The zero-order valence-electron chi connectivity index (χ0n) is 10.5. The van der Waals surface area contributed by atoms with E-state index in [4.69, 9.17) is 5.11 Å². The highest BCUT2D eigenvalue weighted by atomic mass is 16.4. The molecule has 18 heavy (non-hydrogen) atoms. The van der Waals surface area contributed by atoms with Gasteiger partial charge in [-0.05, 0) is 25.5 Å². The summed E-state index contributed by atoms with van der Waals surface area (Å²) in [6, 6.07) is 9.82. The second-order valence-corrected chi connectivity index (χ2v) is 4.99. The second kappa shape index (κ2) is 5.24. The van der Waals surface area contributed by atoms with Gasteiger partial charge in [0.1, 0.15) is 0 Å². The summed E-state index contributed by atoms with van der Waals surface area (Å²) >= 11 is 0. The normalized spacial score (nSPS) is 23.4. The lowest BCUT2D eigenvalue weighted by molar-refractivity contribution is -0.147. The average molecular weight is 243 g/mol. The van der Waals surface area contributed by atoms with E-state index in [0.29, 0.717) is 19.5 Å². The van der Waals surface area contributed by atoms with Crippen molar-refractivity contribution in [3.8, 4) is 11.8 Å². The van der Waals surface area contributed by atoms with Crippen LogP contribution in [0.1, 0.15) is 18.9 Å². The number of carbonyl (C=O) groups is 1. The number of benzene rings is 1. The molecule has 1 saturated heterocycles. The van der Waals surface area contributed by atoms with Crippen LogP contribution in [0.2, 0.25) is 0 Å². The second-order valence-electron chi connectivity index (χ2n) is 4.99. The van der Waals surface area contributed by atoms with Crippen LogP contribution in [0, 0.1) is 17.3 Å². The lowest BCUT2D eigenvalue weighted by Gasteiger charge is -2.18. The van der Waals surface area contributed by atoms with Gasteiger partial charge in [0, 0.05) is 18.7 Å². The third-order valence-electron chi connectivity index (χ3n) is 3.38. The molecule has 1 aromatic carbocycles. The van der Waals surface area contributed by atoms with E-state index in [1.807, 2.05) is 30.3 Å². The Morgan fingerprint density at radius 2 is 2.17 bits per heavy atom. The summed E-state index contributed by atoms with van der Waals surface area (Å²) in [5.74, 6) is 5.48. The third-order valence-corrected chi connectivity index (χ3v) is 3.38. The Morgan fingerprint density at radius 1 is 1.44 bits per heavy atom. The summed E-state index contributed by atoms with van der Waals surface area (Å²) in [6.45, 7) is 3.84. The van der Waals surface area contributed by atoms with E-state index in [1.54, 1.807) is 6.92 Å². The minimum Gasteiger partial charge on any atom is -0.481 e. The molecule has 1 unspecified atom stereocenters. The number of nitrogens with zero attached hydrogens (tertiary/aromatic N) is 1. The molecule has 94 valence electrons. The van der Waals surface area contributed by atoms with Gasteiger partial charge in [-0.1, -0.05) is 30.0 Å². The summed E-state index contributed by atoms with van der Waals surface area (Å²) in [5, 5.41) is 9.13. The number of aliphatic carboxylic acids is 1. The van der Waals surface area contributed by atoms with Crippen molar-refractivity contribution in [3.63, 3.8) is 0 Å². The molecule has 1 aliphatic rings. The Kier molecular flexibility index (Phi) is 3.69. The molecule has 1 atom stereocenters. The van der Waals surface area contributed by atoms with Gasteiger partial charge in [0.05, 0.1) is 12.0 Å². The fraction of sp³-hybridized carbons (Fsp3) is 0.400. The molecule has 0 saturated carbocycles. The van der Waals surface area contributed by atoms with Crippen molar-refractivity contribution in [2.75, 3.05) is 19.6 Å². The van der Waals surface area contributed by atoms with E-state index in [0.717, 1.165) is 12.1 Å². The smallest absolute Gasteiger partial charge is 0.310 e. The number of hydrogen-bond acceptors (Lipinski definition) is 2. The monoisotopic (exact) mass is 243 g/mol. The highest BCUT2D eigenvalue weighted by Crippen LogP contribution is 2.29. The summed E-state index contributed by atoms with van der Waals surface area (Å²) in [7, 11) is 0. The molecule has 0 aromatic heterocycles. The molecule has 1 fully saturated rings. The van der Waals surface area contributed by atoms with Crippen LogP contribution in [0.5, 0.6) is 0 Å². The topological polar surface area (TPSA) is 40.5 Å². The SMILES string of the molecule is CC1(C(=O)O)CCN(CC#Cc2ccccc2)C1. The van der Waals surface area contributed by atoms with Crippen molar-refractivity contribution in [1.82, 2.24) is 4.90 Å². The van der Waals surface area contributed by atoms with E-state index in [2.05, 4.69) is 16.7 Å². The maximum absolute atomic E-state index is 11.1. The van der Waals surface area contributed by atoms with Crippen molar-refractivity contribution in [2.24, 2.45) is 5.41 Å². The maximum atomic E-state index is 11.1. The van der Waals surface area contributed by atoms with Crippen LogP contribution in [-0.4, -0.2) is 35.6 Å². The number of likely N-dealkylation sites (tertiary alicyclic amines) is 1. The van der Waals surface area contributed by atoms with Crippen LogP contribution in [0.4, 0.5) is 0 Å². The van der Waals surface area contributed by atoms with Gasteiger partial charge in [0.25, 0.3) is 0 Å². The number of rotatable bonds is 2. The van der Waals surface area contributed by atoms with Gasteiger partial charge in [0.15, 0.2) is 0 Å². The molecular weight excluding hydrogens is 226 g/mol. The summed E-state index contributed by atoms with van der Waals surface area (Å²) in [6.07, 6.45) is 0.704. The molecule has 1 aliphatic heterocycles. The Labute approximate surface area is 107 Å². The average Bonchev–Trinajstić information content (AvgIpc) is 2.74. The number of carboxylic acid groups (broad SMARTS) is 1. The zero-order valence-corrected chi connectivity index (χ0v) is 10.5. The van der Waals surface area contributed by atoms with Gasteiger partial charge in [-0.25, -0.2) is 0 Å². The van der Waals surface area contributed by atoms with Gasteiger partial charge >= 0.3 is 5.97 Å². The first-order chi connectivity index (χ1) is 8.60. The molecular formula is C15H17NO2. The zero-order chi connectivity index (χ0) is 13.0. The number of carboxylic acids is 1. The van der Waals surface area contributed by atoms with Crippen LogP contribution in [0.25, 0.3) is 0 Å². The Morgan fingerprint density at radius 3 is 2.78 bits per heavy atom. The van der Waals surface area contributed by atoms with Gasteiger partial charge in [-0.3, -0.25) is 9.69 Å². The van der Waals surface area contributed by atoms with Crippen LogP contribution < -0.4 is 0 Å². The molecule has 0 bridgehead atoms. The van der Waals surface area contributed by atoms with E-state index in [9.17, 15) is 4.79 Å². The molecule has 3 nitrogen and oxygen atoms in total. The van der Waals surface area contributed by atoms with Crippen LogP contribution in [0.15, 0.2) is 30.3 Å². The molecule has 1 aromatic rings. The van der Waals surface area contributed by atoms with Gasteiger partial charge in [-0.15, -0.1) is 0 Å². The number of hydrogen-bond donors (Lipinski definition) is 1. The minimum atomic E-state index is -0.707. The lowest BCUT2D eigenvalue weighted by Crippen LogP contribution is -2.31. The van der Waals surface area contributed by atoms with Gasteiger partial charge < -0.3 is 5.11 Å². The Bertz CT molecular complexity index is 486. The molecule has 0 radical (unpaired) electrons. The van der Waals surface area contributed by atoms with Crippen molar-refractivity contribution in [2.45, 2.75) is 13.3 Å². The molecule has 0 spiro atoms. The molecule has 3 heteroatoms. The van der Waals surface area contributed by atoms with Crippen molar-refractivity contribution in [3.05, 3.63) is 35.9 Å². The van der Waals surface area contributed by atoms with Gasteiger partial charge in [0.2, 0.25) is 0 Å². The maximum Gasteiger partial charge on any atom is 0.310 e. The molecule has 1 heterocycles. The predicted octanol–water partition coefficient (Wildman–Crippen LogP) is 1.83. The largest absolute Gasteiger partial charge is 0.481 e. The molecule has 0 aliphatic carbocycles. The molecule has 2 rings (SSSR count). The van der Waals surface area contributed by atoms with Crippen LogP contribution in [-0.2, 0) is 4.79 Å². The minimum absolute atomic E-state index is 0.589. The van der Waals surface area contributed by atoms with Crippen LogP contribution in [0.3, 0.4) is 0 Å². The van der Waals surface area contributed by atoms with E-state index in [-0.39, 0.29) is 0 Å².